The molecule has 1 aromatic rings. The molecule has 2 saturated heterocycles. The van der Waals surface area contributed by atoms with Gasteiger partial charge in [-0.05, 0) is 44.7 Å². The first kappa shape index (κ1) is 13.4. The van der Waals surface area contributed by atoms with Crippen LogP contribution in [0.25, 0.3) is 0 Å². The zero-order chi connectivity index (χ0) is 13.1. The highest BCUT2D eigenvalue weighted by Gasteiger charge is 2.33. The van der Waals surface area contributed by atoms with E-state index < -0.39 is 0 Å². The van der Waals surface area contributed by atoms with Crippen molar-refractivity contribution in [3.63, 3.8) is 0 Å². The number of rotatable bonds is 3. The van der Waals surface area contributed by atoms with E-state index >= 15 is 0 Å². The summed E-state index contributed by atoms with van der Waals surface area (Å²) in [6.07, 6.45) is 7.29. The smallest absolute Gasteiger partial charge is 0.0827 e. The molecule has 0 aliphatic carbocycles. The van der Waals surface area contributed by atoms with Crippen molar-refractivity contribution in [1.82, 2.24) is 4.90 Å². The number of benzene rings is 1. The van der Waals surface area contributed by atoms with Gasteiger partial charge in [0.15, 0.2) is 0 Å². The fraction of sp³-hybridized carbons (Fsp3) is 0.647. The molecule has 19 heavy (non-hydrogen) atoms. The Kier molecular flexibility index (Phi) is 4.39. The molecule has 2 heterocycles. The van der Waals surface area contributed by atoms with Crippen molar-refractivity contribution in [2.24, 2.45) is 5.92 Å². The summed E-state index contributed by atoms with van der Waals surface area (Å²) in [5.74, 6) is 0.980. The number of piperidine rings is 2. The minimum Gasteiger partial charge on any atom is -0.300 e. The molecule has 3 rings (SSSR count). The summed E-state index contributed by atoms with van der Waals surface area (Å²) in [6, 6.07) is 13.6. The topological polar surface area (TPSA) is 3.24 Å². The summed E-state index contributed by atoms with van der Waals surface area (Å²) >= 11 is 0. The molecule has 2 fully saturated rings. The average molecular weight is 272 g/mol. The van der Waals surface area contributed by atoms with Crippen LogP contribution in [0.4, 0.5) is 0 Å². The number of hydrogen-bond donors (Lipinski definition) is 0. The van der Waals surface area contributed by atoms with Gasteiger partial charge in [-0.1, -0.05) is 54.5 Å². The zero-order valence-corrected chi connectivity index (χ0v) is 13.1. The molecule has 0 amide bonds. The van der Waals surface area contributed by atoms with E-state index in [0.717, 1.165) is 12.0 Å². The Morgan fingerprint density at radius 3 is 2.68 bits per heavy atom. The largest absolute Gasteiger partial charge is 0.300 e. The van der Waals surface area contributed by atoms with Crippen molar-refractivity contribution >= 4 is 14.0 Å². The molecule has 0 saturated carbocycles. The van der Waals surface area contributed by atoms with Crippen molar-refractivity contribution in [1.29, 1.82) is 0 Å². The second-order valence-corrected chi connectivity index (χ2v) is 8.90. The van der Waals surface area contributed by atoms with Gasteiger partial charge in [0.05, 0.1) is 8.80 Å². The van der Waals surface area contributed by atoms with E-state index in [1.165, 1.54) is 51.2 Å². The van der Waals surface area contributed by atoms with Crippen molar-refractivity contribution in [3.05, 3.63) is 30.3 Å². The quantitative estimate of drug-likeness (QED) is 0.763. The molecule has 2 aliphatic heterocycles. The Labute approximate surface area is 119 Å². The van der Waals surface area contributed by atoms with Gasteiger partial charge in [-0.2, -0.15) is 0 Å². The highest BCUT2D eigenvalue weighted by Crippen LogP contribution is 2.33. The van der Waals surface area contributed by atoms with Crippen molar-refractivity contribution in [2.75, 3.05) is 13.1 Å². The third kappa shape index (κ3) is 3.11. The molecule has 2 heteroatoms. The summed E-state index contributed by atoms with van der Waals surface area (Å²) in [7, 11) is -0.342. The van der Waals surface area contributed by atoms with Gasteiger partial charge in [0.25, 0.3) is 0 Å². The molecule has 0 aromatic heterocycles. The predicted octanol–water partition coefficient (Wildman–Crippen LogP) is 3.28. The molecular formula is C17H26NSi. The van der Waals surface area contributed by atoms with E-state index in [-0.39, 0.29) is 8.80 Å². The second-order valence-electron chi connectivity index (χ2n) is 6.35. The lowest BCUT2D eigenvalue weighted by Crippen LogP contribution is -2.49. The van der Waals surface area contributed by atoms with Crippen LogP contribution in [0.3, 0.4) is 0 Å². The third-order valence-corrected chi connectivity index (χ3v) is 7.52. The van der Waals surface area contributed by atoms with Gasteiger partial charge >= 0.3 is 0 Å². The Balaban J connectivity index is 1.65. The van der Waals surface area contributed by atoms with E-state index in [1.807, 2.05) is 0 Å². The molecule has 1 aromatic carbocycles. The van der Waals surface area contributed by atoms with Crippen molar-refractivity contribution < 1.29 is 0 Å². The first-order chi connectivity index (χ1) is 9.34. The highest BCUT2D eigenvalue weighted by molar-refractivity contribution is 6.72. The van der Waals surface area contributed by atoms with Crippen LogP contribution in [0.15, 0.2) is 30.3 Å². The Bertz CT molecular complexity index is 390. The zero-order valence-electron chi connectivity index (χ0n) is 12.1. The van der Waals surface area contributed by atoms with Gasteiger partial charge in [0, 0.05) is 6.04 Å². The van der Waals surface area contributed by atoms with Crippen molar-refractivity contribution in [3.8, 4) is 0 Å². The van der Waals surface area contributed by atoms with Crippen LogP contribution in [-0.4, -0.2) is 32.8 Å². The molecule has 0 bridgehead atoms. The molecular weight excluding hydrogens is 246 g/mol. The van der Waals surface area contributed by atoms with Crippen LogP contribution < -0.4 is 5.19 Å². The molecule has 0 spiro atoms. The maximum atomic E-state index is 2.80. The van der Waals surface area contributed by atoms with E-state index in [4.69, 9.17) is 0 Å². The maximum absolute atomic E-state index is 2.80. The summed E-state index contributed by atoms with van der Waals surface area (Å²) in [5, 5.41) is 1.63. The minimum atomic E-state index is -0.342. The lowest BCUT2D eigenvalue weighted by atomic mass is 9.85. The van der Waals surface area contributed by atoms with Crippen LogP contribution in [0.1, 0.15) is 32.1 Å². The van der Waals surface area contributed by atoms with Crippen molar-refractivity contribution in [2.45, 2.75) is 50.7 Å². The molecule has 2 atom stereocenters. The van der Waals surface area contributed by atoms with Crippen LogP contribution in [0.2, 0.25) is 12.6 Å². The number of fused-ring (bicyclic) bond motifs is 1. The van der Waals surface area contributed by atoms with Gasteiger partial charge in [0.1, 0.15) is 0 Å². The molecule has 103 valence electrons. The minimum absolute atomic E-state index is 0.342. The summed E-state index contributed by atoms with van der Waals surface area (Å²) in [5.41, 5.74) is 0. The SMILES string of the molecule is C[Si](C[C@H]1CCCN2CCCC[C@H]12)c1ccccc1. The van der Waals surface area contributed by atoms with Gasteiger partial charge in [0.2, 0.25) is 0 Å². The average Bonchev–Trinajstić information content (AvgIpc) is 2.48. The Morgan fingerprint density at radius 1 is 1.05 bits per heavy atom. The lowest BCUT2D eigenvalue weighted by Gasteiger charge is -2.45. The Morgan fingerprint density at radius 2 is 1.84 bits per heavy atom. The van der Waals surface area contributed by atoms with Gasteiger partial charge in [-0.3, -0.25) is 0 Å². The van der Waals surface area contributed by atoms with Crippen LogP contribution in [0.5, 0.6) is 0 Å². The highest BCUT2D eigenvalue weighted by atomic mass is 28.3. The van der Waals surface area contributed by atoms with Gasteiger partial charge in [-0.25, -0.2) is 0 Å². The third-order valence-electron chi connectivity index (χ3n) is 5.06. The maximum Gasteiger partial charge on any atom is 0.0827 e. The molecule has 0 unspecified atom stereocenters. The summed E-state index contributed by atoms with van der Waals surface area (Å²) < 4.78 is 0. The first-order valence-corrected chi connectivity index (χ1v) is 10.2. The van der Waals surface area contributed by atoms with E-state index in [9.17, 15) is 0 Å². The molecule has 0 N–H and O–H groups in total. The van der Waals surface area contributed by atoms with Crippen LogP contribution in [-0.2, 0) is 0 Å². The summed E-state index contributed by atoms with van der Waals surface area (Å²) in [4.78, 5) is 2.80. The normalized spacial score (nSPS) is 28.3. The van der Waals surface area contributed by atoms with E-state index in [0.29, 0.717) is 0 Å². The summed E-state index contributed by atoms with van der Waals surface area (Å²) in [6.45, 7) is 5.26. The van der Waals surface area contributed by atoms with E-state index in [1.54, 1.807) is 5.19 Å². The monoisotopic (exact) mass is 272 g/mol. The molecule has 2 aliphatic rings. The second kappa shape index (κ2) is 6.23. The van der Waals surface area contributed by atoms with Crippen LogP contribution in [0, 0.1) is 5.92 Å². The standard InChI is InChI=1S/C17H26NSi/c1-19(16-9-3-2-4-10-16)14-15-8-7-13-18-12-6-5-11-17(15)18/h2-4,9-10,15,17H,5-8,11-14H2,1H3/t15-,17-/m1/s1. The Hall–Kier alpha value is -0.603. The van der Waals surface area contributed by atoms with Gasteiger partial charge in [-0.15, -0.1) is 0 Å². The van der Waals surface area contributed by atoms with Crippen LogP contribution >= 0.6 is 0 Å². The van der Waals surface area contributed by atoms with Gasteiger partial charge < -0.3 is 4.90 Å². The fourth-order valence-corrected chi connectivity index (χ4v) is 6.31. The first-order valence-electron chi connectivity index (χ1n) is 7.96. The molecule has 1 nitrogen and oxygen atoms in total. The number of nitrogens with zero attached hydrogens (tertiary/aromatic N) is 1. The number of hydrogen-bond acceptors (Lipinski definition) is 1. The predicted molar refractivity (Wildman–Crippen MR) is 84.4 cm³/mol. The lowest BCUT2D eigenvalue weighted by molar-refractivity contribution is 0.0672. The van der Waals surface area contributed by atoms with E-state index in [2.05, 4.69) is 41.8 Å². The fourth-order valence-electron chi connectivity index (χ4n) is 4.05. The molecule has 1 radical (unpaired) electrons.